The highest BCUT2D eigenvalue weighted by atomic mass is 16.4. The fourth-order valence-electron chi connectivity index (χ4n) is 3.61. The molecule has 0 radical (unpaired) electrons. The molecule has 0 aliphatic rings. The molecule has 3 nitrogen and oxygen atoms in total. The third-order valence-electron chi connectivity index (χ3n) is 5.34. The largest absolute Gasteiger partial charge is 0.544 e. The molecule has 0 amide bonds. The lowest BCUT2D eigenvalue weighted by Crippen LogP contribution is -2.43. The Morgan fingerprint density at radius 3 is 1.56 bits per heavy atom. The average Bonchev–Trinajstić information content (AvgIpc) is 2.66. The molecular weight excluding hydrogens is 334 g/mol. The Labute approximate surface area is 167 Å². The molecular formula is C24H41NO2. The maximum absolute atomic E-state index is 10.6. The predicted octanol–water partition coefficient (Wildman–Crippen LogP) is 5.14. The van der Waals surface area contributed by atoms with Crippen molar-refractivity contribution in [2.45, 2.75) is 116 Å². The van der Waals surface area contributed by atoms with E-state index >= 15 is 0 Å². The summed E-state index contributed by atoms with van der Waals surface area (Å²) in [6.45, 7) is 2.21. The zero-order chi connectivity index (χ0) is 19.6. The molecule has 0 aromatic carbocycles. The first kappa shape index (κ1) is 23.7. The summed E-state index contributed by atoms with van der Waals surface area (Å²) in [6.07, 6.45) is 25.6. The van der Waals surface area contributed by atoms with Crippen LogP contribution < -0.4 is 9.67 Å². The first-order valence-electron chi connectivity index (χ1n) is 11.4. The Bertz CT molecular complexity index is 470. The molecule has 154 valence electrons. The minimum Gasteiger partial charge on any atom is -0.544 e. The highest BCUT2D eigenvalue weighted by molar-refractivity contribution is 5.62. The van der Waals surface area contributed by atoms with Crippen molar-refractivity contribution >= 4 is 5.97 Å². The van der Waals surface area contributed by atoms with Crippen LogP contribution in [0.25, 0.3) is 0 Å². The summed E-state index contributed by atoms with van der Waals surface area (Å²) in [7, 11) is 0. The van der Waals surface area contributed by atoms with Gasteiger partial charge in [-0.3, -0.25) is 0 Å². The summed E-state index contributed by atoms with van der Waals surface area (Å²) in [4.78, 5) is 10.6. The third-order valence-corrected chi connectivity index (χ3v) is 5.34. The second-order valence-corrected chi connectivity index (χ2v) is 7.95. The maximum Gasteiger partial charge on any atom is 0.187 e. The molecule has 0 fully saturated rings. The van der Waals surface area contributed by atoms with Gasteiger partial charge < -0.3 is 9.90 Å². The van der Waals surface area contributed by atoms with Crippen LogP contribution in [0.4, 0.5) is 0 Å². The first-order chi connectivity index (χ1) is 13.2. The van der Waals surface area contributed by atoms with Gasteiger partial charge in [0.15, 0.2) is 18.9 Å². The van der Waals surface area contributed by atoms with Gasteiger partial charge in [0.1, 0.15) is 5.97 Å². The maximum atomic E-state index is 10.6. The molecule has 1 heterocycles. The van der Waals surface area contributed by atoms with E-state index in [9.17, 15) is 9.90 Å². The topological polar surface area (TPSA) is 44.0 Å². The Morgan fingerprint density at radius 2 is 1.15 bits per heavy atom. The molecule has 0 saturated heterocycles. The lowest BCUT2D eigenvalue weighted by molar-refractivity contribution is -0.690. The number of pyridine rings is 1. The summed E-state index contributed by atoms with van der Waals surface area (Å²) < 4.78 is 1.64. The number of carbonyl (C=O) groups is 1. The van der Waals surface area contributed by atoms with E-state index in [2.05, 4.69) is 6.92 Å². The van der Waals surface area contributed by atoms with E-state index in [1.54, 1.807) is 4.57 Å². The van der Waals surface area contributed by atoms with Crippen LogP contribution in [0.2, 0.25) is 0 Å². The van der Waals surface area contributed by atoms with Gasteiger partial charge in [-0.2, -0.15) is 4.57 Å². The van der Waals surface area contributed by atoms with Crippen molar-refractivity contribution in [2.75, 3.05) is 0 Å². The van der Waals surface area contributed by atoms with Gasteiger partial charge in [-0.05, 0) is 18.4 Å². The van der Waals surface area contributed by atoms with Crippen molar-refractivity contribution in [1.82, 2.24) is 0 Å². The van der Waals surface area contributed by atoms with Crippen LogP contribution in [0, 0.1) is 0 Å². The molecule has 0 unspecified atom stereocenters. The number of hydrogen-bond acceptors (Lipinski definition) is 2. The van der Waals surface area contributed by atoms with Crippen LogP contribution in [0.3, 0.4) is 0 Å². The van der Waals surface area contributed by atoms with Crippen molar-refractivity contribution in [2.24, 2.45) is 0 Å². The van der Waals surface area contributed by atoms with Gasteiger partial charge in [0.2, 0.25) is 0 Å². The second-order valence-electron chi connectivity index (χ2n) is 7.95. The number of carboxylic acids is 1. The van der Waals surface area contributed by atoms with E-state index in [0.29, 0.717) is 0 Å². The smallest absolute Gasteiger partial charge is 0.187 e. The molecule has 1 aromatic rings. The van der Waals surface area contributed by atoms with Gasteiger partial charge in [-0.25, -0.2) is 0 Å². The van der Waals surface area contributed by atoms with Crippen LogP contribution in [0.1, 0.15) is 109 Å². The van der Waals surface area contributed by atoms with Crippen molar-refractivity contribution < 1.29 is 14.5 Å². The number of aryl methyl sites for hydroxylation is 1. The molecule has 0 atom stereocenters. The van der Waals surface area contributed by atoms with Crippen molar-refractivity contribution in [3.63, 3.8) is 0 Å². The van der Waals surface area contributed by atoms with Crippen molar-refractivity contribution in [1.29, 1.82) is 0 Å². The number of rotatable bonds is 18. The zero-order valence-corrected chi connectivity index (χ0v) is 17.6. The van der Waals surface area contributed by atoms with Crippen LogP contribution in [0.5, 0.6) is 0 Å². The number of carboxylic acid groups (broad SMARTS) is 1. The molecule has 1 aromatic heterocycles. The first-order valence-corrected chi connectivity index (χ1v) is 11.4. The molecule has 0 N–H and O–H groups in total. The third kappa shape index (κ3) is 14.4. The Balaban J connectivity index is 1.84. The molecule has 0 aliphatic carbocycles. The molecule has 0 spiro atoms. The minimum absolute atomic E-state index is 0.0702. The fraction of sp³-hybridized carbons (Fsp3) is 0.750. The van der Waals surface area contributed by atoms with Crippen LogP contribution >= 0.6 is 0 Å². The van der Waals surface area contributed by atoms with E-state index in [1.165, 1.54) is 102 Å². The van der Waals surface area contributed by atoms with Gasteiger partial charge in [-0.15, -0.1) is 0 Å². The van der Waals surface area contributed by atoms with Gasteiger partial charge >= 0.3 is 0 Å². The number of aromatic nitrogens is 1. The average molecular weight is 376 g/mol. The number of carbonyl (C=O) groups excluding carboxylic acids is 1. The van der Waals surface area contributed by atoms with Crippen molar-refractivity contribution in [3.05, 3.63) is 30.1 Å². The van der Waals surface area contributed by atoms with Gasteiger partial charge in [0, 0.05) is 12.1 Å². The Hall–Kier alpha value is -1.38. The normalized spacial score (nSPS) is 11.0. The highest BCUT2D eigenvalue weighted by Gasteiger charge is 2.01. The monoisotopic (exact) mass is 375 g/mol. The standard InChI is InChI=1S/C24H41NO2/c1-2-3-4-5-6-7-8-9-10-11-12-13-14-15-16-17-23-18-20-25(21-19-23)22-24(26)27/h18-21H,2-17,22H2,1H3. The van der Waals surface area contributed by atoms with E-state index in [0.717, 1.165) is 6.42 Å². The lowest BCUT2D eigenvalue weighted by Gasteiger charge is -2.04. The fourth-order valence-corrected chi connectivity index (χ4v) is 3.61. The SMILES string of the molecule is CCCCCCCCCCCCCCCCCc1cc[n+](CC(=O)[O-])cc1. The summed E-state index contributed by atoms with van der Waals surface area (Å²) >= 11 is 0. The van der Waals surface area contributed by atoms with E-state index in [-0.39, 0.29) is 6.54 Å². The molecule has 0 saturated carbocycles. The number of hydrogen-bond donors (Lipinski definition) is 0. The van der Waals surface area contributed by atoms with Crippen LogP contribution in [-0.4, -0.2) is 5.97 Å². The van der Waals surface area contributed by atoms with E-state index in [4.69, 9.17) is 0 Å². The summed E-state index contributed by atoms with van der Waals surface area (Å²) in [5.74, 6) is -1.05. The second kappa shape index (κ2) is 16.8. The number of unbranched alkanes of at least 4 members (excludes halogenated alkanes) is 14. The van der Waals surface area contributed by atoms with Gasteiger partial charge in [0.25, 0.3) is 0 Å². The highest BCUT2D eigenvalue weighted by Crippen LogP contribution is 2.14. The number of nitrogens with zero attached hydrogens (tertiary/aromatic N) is 1. The zero-order valence-electron chi connectivity index (χ0n) is 17.6. The van der Waals surface area contributed by atoms with Gasteiger partial charge in [0.05, 0.1) is 0 Å². The van der Waals surface area contributed by atoms with Crippen LogP contribution in [0.15, 0.2) is 24.5 Å². The van der Waals surface area contributed by atoms with Crippen LogP contribution in [-0.2, 0) is 17.8 Å². The molecule has 27 heavy (non-hydrogen) atoms. The summed E-state index contributed by atoms with van der Waals surface area (Å²) in [6, 6.07) is 4.04. The van der Waals surface area contributed by atoms with Gasteiger partial charge in [-0.1, -0.05) is 96.8 Å². The van der Waals surface area contributed by atoms with Crippen molar-refractivity contribution in [3.8, 4) is 0 Å². The quantitative estimate of drug-likeness (QED) is 0.263. The van der Waals surface area contributed by atoms with E-state index < -0.39 is 5.97 Å². The molecule has 3 heteroatoms. The molecule has 1 rings (SSSR count). The minimum atomic E-state index is -1.05. The molecule has 0 aliphatic heterocycles. The lowest BCUT2D eigenvalue weighted by atomic mass is 10.0. The number of aliphatic carboxylic acids is 1. The Morgan fingerprint density at radius 1 is 0.741 bits per heavy atom. The van der Waals surface area contributed by atoms with E-state index in [1.807, 2.05) is 24.5 Å². The summed E-state index contributed by atoms with van der Waals surface area (Å²) in [5.41, 5.74) is 1.29. The summed E-state index contributed by atoms with van der Waals surface area (Å²) in [5, 5.41) is 10.6. The molecule has 0 bridgehead atoms. The Kier molecular flexibility index (Phi) is 14.7. The predicted molar refractivity (Wildman–Crippen MR) is 110 cm³/mol.